The smallest absolute Gasteiger partial charge is 0.326 e. The fraction of sp³-hybridized carbons (Fsp3) is 0.851. The van der Waals surface area contributed by atoms with Crippen LogP contribution in [-0.2, 0) is 52.5 Å². The third-order valence-corrected chi connectivity index (χ3v) is 10.5. The van der Waals surface area contributed by atoms with E-state index in [2.05, 4.69) is 16.0 Å². The molecule has 0 fully saturated rings. The Labute approximate surface area is 383 Å². The number of methoxy groups -OCH3 is 1. The zero-order valence-electron chi connectivity index (χ0n) is 39.7. The number of ether oxygens (including phenoxy) is 4. The predicted molar refractivity (Wildman–Crippen MR) is 245 cm³/mol. The molecule has 0 saturated heterocycles. The number of nitrogens with one attached hydrogen (secondary N) is 3. The van der Waals surface area contributed by atoms with Crippen LogP contribution in [0.25, 0.3) is 0 Å². The van der Waals surface area contributed by atoms with Crippen molar-refractivity contribution in [1.29, 1.82) is 0 Å². The summed E-state index contributed by atoms with van der Waals surface area (Å²) in [6.45, 7) is 6.87. The van der Waals surface area contributed by atoms with E-state index in [-0.39, 0.29) is 61.1 Å². The Hall–Kier alpha value is -3.51. The molecule has 374 valence electrons. The fourth-order valence-electron chi connectivity index (χ4n) is 6.54. The minimum absolute atomic E-state index is 0.00766. The zero-order chi connectivity index (χ0) is 47.9. The van der Waals surface area contributed by atoms with E-state index in [0.29, 0.717) is 78.4 Å². The van der Waals surface area contributed by atoms with E-state index in [9.17, 15) is 38.7 Å². The van der Waals surface area contributed by atoms with Crippen LogP contribution in [0.1, 0.15) is 174 Å². The van der Waals surface area contributed by atoms with Gasteiger partial charge in [-0.2, -0.15) is 0 Å². The Morgan fingerprint density at radius 1 is 0.516 bits per heavy atom. The van der Waals surface area contributed by atoms with Crippen LogP contribution in [0, 0.1) is 5.92 Å². The number of aliphatic hydroxyl groups excluding tert-OH is 1. The first-order valence-corrected chi connectivity index (χ1v) is 24.1. The second kappa shape index (κ2) is 47.5. The minimum Gasteiger partial charge on any atom is -0.481 e. The third kappa shape index (κ3) is 45.1. The maximum atomic E-state index is 12.2. The molecule has 0 saturated carbocycles. The SMILES string of the molecule is CCC(=O)NCCOCCOCC(=O)NCCCC[C@H](CC)C(=O)CO.COCCOCCCC(=O)CC[C@H](NC(=O)CCCCCCCCCCCCCCCCC(=O)O)C(=O)O. The molecule has 3 amide bonds. The Balaban J connectivity index is 0. The topological polar surface area (TPSA) is 253 Å². The first-order chi connectivity index (χ1) is 30.9. The number of carbonyl (C=O) groups excluding carboxylic acids is 5. The highest BCUT2D eigenvalue weighted by Crippen LogP contribution is 2.15. The Morgan fingerprint density at radius 2 is 1.06 bits per heavy atom. The summed E-state index contributed by atoms with van der Waals surface area (Å²) >= 11 is 0. The second-order valence-electron chi connectivity index (χ2n) is 16.0. The van der Waals surface area contributed by atoms with Gasteiger partial charge in [0, 0.05) is 64.8 Å². The Kier molecular flexibility index (Phi) is 46.4. The van der Waals surface area contributed by atoms with E-state index >= 15 is 0 Å². The number of hydrogen-bond donors (Lipinski definition) is 6. The van der Waals surface area contributed by atoms with E-state index in [4.69, 9.17) is 29.2 Å². The van der Waals surface area contributed by atoms with Gasteiger partial charge in [-0.05, 0) is 44.9 Å². The number of carbonyl (C=O) groups is 7. The number of amides is 3. The molecule has 0 rings (SSSR count). The van der Waals surface area contributed by atoms with Gasteiger partial charge >= 0.3 is 11.9 Å². The lowest BCUT2D eigenvalue weighted by Gasteiger charge is -2.14. The summed E-state index contributed by atoms with van der Waals surface area (Å²) < 4.78 is 20.7. The molecule has 17 nitrogen and oxygen atoms in total. The van der Waals surface area contributed by atoms with Crippen LogP contribution < -0.4 is 16.0 Å². The summed E-state index contributed by atoms with van der Waals surface area (Å²) in [5.41, 5.74) is 0. The molecule has 0 aliphatic rings. The first-order valence-electron chi connectivity index (χ1n) is 24.1. The van der Waals surface area contributed by atoms with Gasteiger partial charge in [0.1, 0.15) is 25.0 Å². The molecule has 0 radical (unpaired) electrons. The van der Waals surface area contributed by atoms with Crippen LogP contribution in [0.4, 0.5) is 0 Å². The molecular formula is C47H87N3O14. The average Bonchev–Trinajstić information content (AvgIpc) is 3.27. The summed E-state index contributed by atoms with van der Waals surface area (Å²) in [5, 5.41) is 34.9. The van der Waals surface area contributed by atoms with E-state index in [1.54, 1.807) is 14.0 Å². The van der Waals surface area contributed by atoms with Gasteiger partial charge in [-0.3, -0.25) is 28.8 Å². The highest BCUT2D eigenvalue weighted by atomic mass is 16.5. The number of hydrogen-bond acceptors (Lipinski definition) is 12. The van der Waals surface area contributed by atoms with Crippen LogP contribution >= 0.6 is 0 Å². The van der Waals surface area contributed by atoms with Crippen molar-refractivity contribution in [3.63, 3.8) is 0 Å². The highest BCUT2D eigenvalue weighted by Gasteiger charge is 2.21. The lowest BCUT2D eigenvalue weighted by molar-refractivity contribution is -0.142. The molecule has 0 spiro atoms. The number of aliphatic carboxylic acids is 2. The highest BCUT2D eigenvalue weighted by molar-refractivity contribution is 5.85. The van der Waals surface area contributed by atoms with Crippen LogP contribution in [0.5, 0.6) is 0 Å². The maximum Gasteiger partial charge on any atom is 0.326 e. The summed E-state index contributed by atoms with van der Waals surface area (Å²) in [6.07, 6.45) is 20.8. The standard InChI is InChI=1S/C29H53NO8.C18H34N2O6/c1-37-23-24-38-22-16-17-25(31)20-21-26(29(35)36)30-27(32)18-14-12-10-8-6-4-2-3-5-7-9-11-13-15-19-28(33)34;1-3-15(16(22)13-21)7-5-6-8-19-18(24)14-26-12-11-25-10-9-20-17(23)4-2/h26H,2-24H2,1H3,(H,30,32)(H,33,34)(H,35,36);15,21H,3-14H2,1-2H3,(H,19,24)(H,20,23)/t26-;15-/m00/s1. The van der Waals surface area contributed by atoms with E-state index < -0.39 is 24.6 Å². The molecule has 0 aliphatic carbocycles. The van der Waals surface area contributed by atoms with E-state index in [0.717, 1.165) is 70.6 Å². The van der Waals surface area contributed by atoms with E-state index in [1.165, 1.54) is 44.9 Å². The van der Waals surface area contributed by atoms with Crippen molar-refractivity contribution in [2.45, 2.75) is 180 Å². The molecule has 0 aromatic carbocycles. The fourth-order valence-corrected chi connectivity index (χ4v) is 6.54. The van der Waals surface area contributed by atoms with Crippen molar-refractivity contribution in [1.82, 2.24) is 16.0 Å². The number of Topliss-reactive ketones (excluding diaryl/α,β-unsaturated/α-hetero) is 2. The van der Waals surface area contributed by atoms with Gasteiger partial charge in [-0.15, -0.1) is 0 Å². The molecule has 0 aliphatic heterocycles. The lowest BCUT2D eigenvalue weighted by Crippen LogP contribution is -2.41. The molecule has 0 bridgehead atoms. The number of rotatable bonds is 46. The molecule has 17 heteroatoms. The van der Waals surface area contributed by atoms with Crippen molar-refractivity contribution in [3.8, 4) is 0 Å². The molecule has 2 atom stereocenters. The van der Waals surface area contributed by atoms with Crippen LogP contribution in [0.2, 0.25) is 0 Å². The maximum absolute atomic E-state index is 12.2. The van der Waals surface area contributed by atoms with Crippen molar-refractivity contribution < 1.29 is 67.8 Å². The first kappa shape index (κ1) is 62.6. The Bertz CT molecular complexity index is 1210. The molecule has 0 aromatic rings. The van der Waals surface area contributed by atoms with Gasteiger partial charge < -0.3 is 50.2 Å². The molecule has 0 aromatic heterocycles. The van der Waals surface area contributed by atoms with Gasteiger partial charge in [0.2, 0.25) is 17.7 Å². The molecule has 0 unspecified atom stereocenters. The van der Waals surface area contributed by atoms with Crippen LogP contribution in [0.15, 0.2) is 0 Å². The predicted octanol–water partition coefficient (Wildman–Crippen LogP) is 6.09. The van der Waals surface area contributed by atoms with Crippen molar-refractivity contribution in [2.75, 3.05) is 73.1 Å². The number of aliphatic hydroxyl groups is 1. The zero-order valence-corrected chi connectivity index (χ0v) is 39.7. The van der Waals surface area contributed by atoms with Gasteiger partial charge in [0.15, 0.2) is 5.78 Å². The minimum atomic E-state index is -1.11. The van der Waals surface area contributed by atoms with Crippen molar-refractivity contribution >= 4 is 41.2 Å². The van der Waals surface area contributed by atoms with Gasteiger partial charge in [0.25, 0.3) is 0 Å². The quantitative estimate of drug-likeness (QED) is 0.0378. The monoisotopic (exact) mass is 918 g/mol. The number of carboxylic acid groups (broad SMARTS) is 2. The normalized spacial score (nSPS) is 11.8. The summed E-state index contributed by atoms with van der Waals surface area (Å²) in [5.74, 6) is -2.48. The molecular weight excluding hydrogens is 831 g/mol. The Morgan fingerprint density at radius 3 is 1.61 bits per heavy atom. The van der Waals surface area contributed by atoms with Gasteiger partial charge in [-0.25, -0.2) is 4.79 Å². The average molecular weight is 918 g/mol. The summed E-state index contributed by atoms with van der Waals surface area (Å²) in [7, 11) is 1.59. The largest absolute Gasteiger partial charge is 0.481 e. The number of carboxylic acids is 2. The second-order valence-corrected chi connectivity index (χ2v) is 16.0. The number of unbranched alkanes of at least 4 members (excludes halogenated alkanes) is 14. The number of ketones is 2. The van der Waals surface area contributed by atoms with Crippen LogP contribution in [0.3, 0.4) is 0 Å². The van der Waals surface area contributed by atoms with E-state index in [1.807, 2.05) is 6.92 Å². The van der Waals surface area contributed by atoms with Crippen molar-refractivity contribution in [2.24, 2.45) is 5.92 Å². The van der Waals surface area contributed by atoms with Crippen molar-refractivity contribution in [3.05, 3.63) is 0 Å². The van der Waals surface area contributed by atoms with Crippen LogP contribution in [-0.4, -0.2) is 136 Å². The summed E-state index contributed by atoms with van der Waals surface area (Å²) in [6, 6.07) is -1.03. The third-order valence-electron chi connectivity index (χ3n) is 10.5. The molecule has 64 heavy (non-hydrogen) atoms. The lowest BCUT2D eigenvalue weighted by atomic mass is 9.95. The van der Waals surface area contributed by atoms with Gasteiger partial charge in [-0.1, -0.05) is 97.3 Å². The van der Waals surface area contributed by atoms with Gasteiger partial charge in [0.05, 0.1) is 33.0 Å². The summed E-state index contributed by atoms with van der Waals surface area (Å²) in [4.78, 5) is 80.0. The molecule has 6 N–H and O–H groups in total. The molecule has 0 heterocycles.